The molecular formula is C31H35FN6O2. The third-order valence-electron chi connectivity index (χ3n) is 9.13. The first-order valence-corrected chi connectivity index (χ1v) is 14.4. The standard InChI is InChI=1S/C31H35FN6O2/c1-3-24-26(32)9-6-19-13-23(39)14-28(29(19)24)37-12-10-25-27(17-37)34-31(40-18-22-5-4-11-36(22)2)35-30(25)38-15-20-7-8-21(16-38)33-20/h1,6,9,13-14,20-22,33,39H,4-5,7-8,10-12,15-18H2,2H3/t20?,21?,22-/m0/s1. The maximum absolute atomic E-state index is 14.8. The molecule has 3 aromatic rings. The topological polar surface area (TPSA) is 77.0 Å². The smallest absolute Gasteiger partial charge is 0.318 e. The number of benzene rings is 2. The van der Waals surface area contributed by atoms with E-state index in [1.165, 1.54) is 25.3 Å². The molecule has 0 spiro atoms. The van der Waals surface area contributed by atoms with Crippen LogP contribution < -0.4 is 19.9 Å². The van der Waals surface area contributed by atoms with Crippen molar-refractivity contribution in [2.45, 2.75) is 56.8 Å². The monoisotopic (exact) mass is 542 g/mol. The number of fused-ring (bicyclic) bond motifs is 4. The number of hydrogen-bond acceptors (Lipinski definition) is 8. The predicted octanol–water partition coefficient (Wildman–Crippen LogP) is 3.43. The van der Waals surface area contributed by atoms with Crippen LogP contribution in [0.25, 0.3) is 10.8 Å². The molecule has 40 heavy (non-hydrogen) atoms. The maximum Gasteiger partial charge on any atom is 0.318 e. The Morgan fingerprint density at radius 1 is 1.12 bits per heavy atom. The predicted molar refractivity (Wildman–Crippen MR) is 154 cm³/mol. The van der Waals surface area contributed by atoms with E-state index in [-0.39, 0.29) is 11.3 Å². The summed E-state index contributed by atoms with van der Waals surface area (Å²) in [7, 11) is 2.14. The number of anilines is 2. The zero-order chi connectivity index (χ0) is 27.4. The lowest BCUT2D eigenvalue weighted by Gasteiger charge is -2.37. The fourth-order valence-electron chi connectivity index (χ4n) is 7.04. The van der Waals surface area contributed by atoms with Gasteiger partial charge in [-0.25, -0.2) is 4.39 Å². The molecule has 2 aromatic carbocycles. The highest BCUT2D eigenvalue weighted by Crippen LogP contribution is 2.39. The van der Waals surface area contributed by atoms with E-state index in [9.17, 15) is 9.50 Å². The van der Waals surface area contributed by atoms with Gasteiger partial charge in [-0.3, -0.25) is 0 Å². The van der Waals surface area contributed by atoms with Gasteiger partial charge in [0.15, 0.2) is 0 Å². The second-order valence-corrected chi connectivity index (χ2v) is 11.7. The molecule has 208 valence electrons. The number of likely N-dealkylation sites (tertiary alicyclic amines) is 1. The number of terminal acetylenes is 1. The van der Waals surface area contributed by atoms with Gasteiger partial charge in [-0.1, -0.05) is 12.0 Å². The van der Waals surface area contributed by atoms with Gasteiger partial charge >= 0.3 is 6.01 Å². The summed E-state index contributed by atoms with van der Waals surface area (Å²) in [5.74, 6) is 3.19. The molecule has 3 fully saturated rings. The van der Waals surface area contributed by atoms with Gasteiger partial charge in [0.2, 0.25) is 0 Å². The minimum atomic E-state index is -0.440. The first-order chi connectivity index (χ1) is 19.5. The summed E-state index contributed by atoms with van der Waals surface area (Å²) in [4.78, 5) is 16.8. The molecule has 2 unspecified atom stereocenters. The van der Waals surface area contributed by atoms with E-state index in [0.717, 1.165) is 49.6 Å². The quantitative estimate of drug-likeness (QED) is 0.475. The molecule has 0 saturated carbocycles. The van der Waals surface area contributed by atoms with Crippen molar-refractivity contribution >= 4 is 22.3 Å². The molecule has 0 aliphatic carbocycles. The summed E-state index contributed by atoms with van der Waals surface area (Å²) in [6, 6.07) is 8.07. The Bertz CT molecular complexity index is 1490. The summed E-state index contributed by atoms with van der Waals surface area (Å²) in [6.45, 7) is 4.66. The van der Waals surface area contributed by atoms with Gasteiger partial charge in [0, 0.05) is 60.5 Å². The second kappa shape index (κ2) is 10.1. The number of phenolic OH excluding ortho intramolecular Hbond substituents is 1. The van der Waals surface area contributed by atoms with Crippen LogP contribution in [0.3, 0.4) is 0 Å². The van der Waals surface area contributed by atoms with Crippen LogP contribution in [0, 0.1) is 18.2 Å². The largest absolute Gasteiger partial charge is 0.508 e. The van der Waals surface area contributed by atoms with Gasteiger partial charge in [-0.2, -0.15) is 9.97 Å². The van der Waals surface area contributed by atoms with Crippen molar-refractivity contribution in [2.24, 2.45) is 0 Å². The van der Waals surface area contributed by atoms with Crippen molar-refractivity contribution < 1.29 is 14.2 Å². The molecule has 3 atom stereocenters. The van der Waals surface area contributed by atoms with E-state index in [4.69, 9.17) is 21.1 Å². The molecule has 4 aliphatic heterocycles. The molecule has 4 aliphatic rings. The third-order valence-corrected chi connectivity index (χ3v) is 9.13. The number of halogens is 1. The van der Waals surface area contributed by atoms with Crippen molar-refractivity contribution in [3.8, 4) is 24.1 Å². The normalized spacial score (nSPS) is 24.4. The van der Waals surface area contributed by atoms with Crippen molar-refractivity contribution in [1.29, 1.82) is 0 Å². The summed E-state index contributed by atoms with van der Waals surface area (Å²) < 4.78 is 21.0. The Morgan fingerprint density at radius 3 is 2.70 bits per heavy atom. The number of aromatic hydroxyl groups is 1. The van der Waals surface area contributed by atoms with E-state index in [2.05, 4.69) is 33.0 Å². The second-order valence-electron chi connectivity index (χ2n) is 11.7. The highest BCUT2D eigenvalue weighted by atomic mass is 19.1. The average molecular weight is 543 g/mol. The molecular weight excluding hydrogens is 507 g/mol. The zero-order valence-electron chi connectivity index (χ0n) is 22.9. The van der Waals surface area contributed by atoms with Gasteiger partial charge in [0.1, 0.15) is 24.0 Å². The minimum absolute atomic E-state index is 0.118. The van der Waals surface area contributed by atoms with E-state index in [1.54, 1.807) is 18.2 Å². The van der Waals surface area contributed by atoms with Crippen LogP contribution >= 0.6 is 0 Å². The van der Waals surface area contributed by atoms with Crippen molar-refractivity contribution in [3.05, 3.63) is 46.9 Å². The van der Waals surface area contributed by atoms with Crippen molar-refractivity contribution in [3.63, 3.8) is 0 Å². The summed E-state index contributed by atoms with van der Waals surface area (Å²) >= 11 is 0. The van der Waals surface area contributed by atoms with Crippen LogP contribution in [0.1, 0.15) is 42.5 Å². The molecule has 3 saturated heterocycles. The molecule has 5 heterocycles. The number of nitrogens with zero attached hydrogens (tertiary/aromatic N) is 5. The van der Waals surface area contributed by atoms with Gasteiger partial charge in [0.25, 0.3) is 0 Å². The minimum Gasteiger partial charge on any atom is -0.508 e. The number of rotatable bonds is 5. The van der Waals surface area contributed by atoms with Crippen LogP contribution in [0.4, 0.5) is 15.9 Å². The highest BCUT2D eigenvalue weighted by Gasteiger charge is 2.35. The summed E-state index contributed by atoms with van der Waals surface area (Å²) in [6.07, 6.45) is 11.2. The molecule has 2 N–H and O–H groups in total. The molecule has 8 nitrogen and oxygen atoms in total. The Morgan fingerprint density at radius 2 is 1.95 bits per heavy atom. The van der Waals surface area contributed by atoms with Crippen LogP contribution in [0.15, 0.2) is 24.3 Å². The molecule has 7 rings (SSSR count). The van der Waals surface area contributed by atoms with Crippen LogP contribution in [0.5, 0.6) is 11.8 Å². The lowest BCUT2D eigenvalue weighted by molar-refractivity contribution is 0.187. The number of hydrogen-bond donors (Lipinski definition) is 2. The number of nitrogens with one attached hydrogen (secondary N) is 1. The Kier molecular flexibility index (Phi) is 6.40. The molecule has 2 bridgehead atoms. The van der Waals surface area contributed by atoms with Gasteiger partial charge in [-0.05, 0) is 63.2 Å². The lowest BCUT2D eigenvalue weighted by Crippen LogP contribution is -2.52. The van der Waals surface area contributed by atoms with Gasteiger partial charge < -0.3 is 29.9 Å². The van der Waals surface area contributed by atoms with Gasteiger partial charge in [-0.15, -0.1) is 6.42 Å². The highest BCUT2D eigenvalue weighted by molar-refractivity contribution is 6.00. The first kappa shape index (κ1) is 25.4. The Hall–Kier alpha value is -3.61. The van der Waals surface area contributed by atoms with Crippen LogP contribution in [0.2, 0.25) is 0 Å². The van der Waals surface area contributed by atoms with E-state index < -0.39 is 5.82 Å². The van der Waals surface area contributed by atoms with Crippen LogP contribution in [-0.2, 0) is 13.0 Å². The fourth-order valence-corrected chi connectivity index (χ4v) is 7.04. The number of aromatic nitrogens is 2. The van der Waals surface area contributed by atoms with Crippen LogP contribution in [-0.4, -0.2) is 77.9 Å². The number of likely N-dealkylation sites (N-methyl/N-ethyl adjacent to an activating group) is 1. The SMILES string of the molecule is C#Cc1c(F)ccc2cc(O)cc(N3CCc4c(nc(OC[C@@H]5CCCN5C)nc4N4CC5CCC(C4)N5)C3)c12. The third kappa shape index (κ3) is 4.49. The molecule has 9 heteroatoms. The lowest BCUT2D eigenvalue weighted by atomic mass is 9.98. The maximum atomic E-state index is 14.8. The zero-order valence-corrected chi connectivity index (χ0v) is 22.9. The van der Waals surface area contributed by atoms with E-state index >= 15 is 0 Å². The van der Waals surface area contributed by atoms with E-state index in [1.807, 2.05) is 0 Å². The Labute approximate surface area is 234 Å². The number of ether oxygens (including phenoxy) is 1. The number of phenols is 1. The van der Waals surface area contributed by atoms with Crippen molar-refractivity contribution in [2.75, 3.05) is 49.6 Å². The summed E-state index contributed by atoms with van der Waals surface area (Å²) in [5.41, 5.74) is 2.98. The van der Waals surface area contributed by atoms with Gasteiger partial charge in [0.05, 0.1) is 17.8 Å². The number of piperazine rings is 1. The fraction of sp³-hybridized carbons (Fsp3) is 0.484. The molecule has 0 amide bonds. The summed E-state index contributed by atoms with van der Waals surface area (Å²) in [5, 5.41) is 15.6. The average Bonchev–Trinajstić information content (AvgIpc) is 3.53. The molecule has 1 aromatic heterocycles. The van der Waals surface area contributed by atoms with Crippen molar-refractivity contribution in [1.82, 2.24) is 20.2 Å². The first-order valence-electron chi connectivity index (χ1n) is 14.4. The Balaban J connectivity index is 1.26. The molecule has 0 radical (unpaired) electrons. The van der Waals surface area contributed by atoms with E-state index in [0.29, 0.717) is 60.3 Å².